The normalized spacial score (nSPS) is 11.8. The summed E-state index contributed by atoms with van der Waals surface area (Å²) in [6, 6.07) is 1.97. The van der Waals surface area contributed by atoms with Gasteiger partial charge in [-0.25, -0.2) is 14.3 Å². The highest BCUT2D eigenvalue weighted by molar-refractivity contribution is 7.17. The zero-order valence-electron chi connectivity index (χ0n) is 11.1. The minimum Gasteiger partial charge on any atom is -0.464 e. The minimum atomic E-state index is -4.44. The van der Waals surface area contributed by atoms with E-state index >= 15 is 0 Å². The van der Waals surface area contributed by atoms with Gasteiger partial charge >= 0.3 is 12.1 Å². The lowest BCUT2D eigenvalue weighted by atomic mass is 10.2. The number of fused-ring (bicyclic) bond motifs is 1. The molecule has 0 aromatic carbocycles. The molecule has 22 heavy (non-hydrogen) atoms. The maximum absolute atomic E-state index is 12.8. The number of hydrogen-bond acceptors (Lipinski definition) is 5. The van der Waals surface area contributed by atoms with Crippen LogP contribution in [0.1, 0.15) is 15.4 Å². The number of thiazole rings is 1. The molecule has 114 valence electrons. The summed E-state index contributed by atoms with van der Waals surface area (Å²) in [7, 11) is 1.23. The molecule has 0 saturated heterocycles. The molecular weight excluding hydrogens is 319 g/mol. The van der Waals surface area contributed by atoms with E-state index in [2.05, 4.69) is 14.8 Å². The third-order valence-electron chi connectivity index (χ3n) is 2.98. The Morgan fingerprint density at radius 2 is 2.14 bits per heavy atom. The van der Waals surface area contributed by atoms with E-state index in [-0.39, 0.29) is 10.5 Å². The van der Waals surface area contributed by atoms with Gasteiger partial charge in [-0.15, -0.1) is 11.3 Å². The molecule has 0 saturated carbocycles. The summed E-state index contributed by atoms with van der Waals surface area (Å²) in [5.41, 5.74) is -0.00639. The molecule has 3 rings (SSSR count). The van der Waals surface area contributed by atoms with Crippen molar-refractivity contribution in [3.05, 3.63) is 41.3 Å². The van der Waals surface area contributed by atoms with Gasteiger partial charge in [-0.2, -0.15) is 18.3 Å². The van der Waals surface area contributed by atoms with Crippen LogP contribution in [0.15, 0.2) is 30.7 Å². The number of carbonyl (C=O) groups is 1. The quantitative estimate of drug-likeness (QED) is 0.678. The van der Waals surface area contributed by atoms with Gasteiger partial charge in [0.1, 0.15) is 0 Å². The first-order valence-corrected chi connectivity index (χ1v) is 6.81. The van der Waals surface area contributed by atoms with Gasteiger partial charge in [0, 0.05) is 18.0 Å². The van der Waals surface area contributed by atoms with Gasteiger partial charge in [0.15, 0.2) is 0 Å². The van der Waals surface area contributed by atoms with Crippen molar-refractivity contribution < 1.29 is 22.7 Å². The molecule has 0 spiro atoms. The van der Waals surface area contributed by atoms with Crippen LogP contribution in [0.3, 0.4) is 0 Å². The molecule has 5 nitrogen and oxygen atoms in total. The van der Waals surface area contributed by atoms with Crippen LogP contribution in [0, 0.1) is 0 Å². The van der Waals surface area contributed by atoms with E-state index in [1.54, 1.807) is 0 Å². The molecule has 3 heterocycles. The van der Waals surface area contributed by atoms with E-state index in [1.807, 2.05) is 0 Å². The number of ether oxygens (including phenoxy) is 1. The Hall–Kier alpha value is -2.42. The summed E-state index contributed by atoms with van der Waals surface area (Å²) in [4.78, 5) is 15.8. The van der Waals surface area contributed by atoms with Crippen LogP contribution < -0.4 is 0 Å². The minimum absolute atomic E-state index is 0.129. The van der Waals surface area contributed by atoms with E-state index in [1.165, 1.54) is 30.2 Å². The standard InChI is InChI=1S/C13H8F3N3O2S/c1-21-12(20)11-17-6-10(22-11)8-5-18-19-3-2-7(4-9(8)19)13(14,15)16/h2-6H,1H3. The van der Waals surface area contributed by atoms with Crippen LogP contribution in [0.2, 0.25) is 0 Å². The van der Waals surface area contributed by atoms with Gasteiger partial charge in [0.2, 0.25) is 5.01 Å². The number of halogens is 3. The average molecular weight is 327 g/mol. The molecular formula is C13H8F3N3O2S. The number of rotatable bonds is 2. The van der Waals surface area contributed by atoms with Gasteiger partial charge in [0.25, 0.3) is 0 Å². The van der Waals surface area contributed by atoms with Crippen LogP contribution in [-0.2, 0) is 10.9 Å². The highest BCUT2D eigenvalue weighted by Crippen LogP contribution is 2.34. The highest BCUT2D eigenvalue weighted by atomic mass is 32.1. The lowest BCUT2D eigenvalue weighted by Gasteiger charge is -2.06. The van der Waals surface area contributed by atoms with E-state index in [0.29, 0.717) is 10.4 Å². The molecule has 3 aromatic heterocycles. The molecule has 3 aromatic rings. The molecule has 0 aliphatic heterocycles. The third kappa shape index (κ3) is 2.43. The summed E-state index contributed by atoms with van der Waals surface area (Å²) in [5, 5.41) is 4.13. The molecule has 0 aliphatic carbocycles. The maximum Gasteiger partial charge on any atom is 0.416 e. The van der Waals surface area contributed by atoms with Crippen LogP contribution >= 0.6 is 11.3 Å². The zero-order valence-corrected chi connectivity index (χ0v) is 11.9. The van der Waals surface area contributed by atoms with Gasteiger partial charge in [-0.1, -0.05) is 0 Å². The number of methoxy groups -OCH3 is 1. The molecule has 0 bridgehead atoms. The largest absolute Gasteiger partial charge is 0.464 e. The van der Waals surface area contributed by atoms with Crippen LogP contribution in [0.5, 0.6) is 0 Å². The predicted octanol–water partition coefficient (Wildman–Crippen LogP) is 3.26. The Kier molecular flexibility index (Phi) is 3.36. The summed E-state index contributed by atoms with van der Waals surface area (Å²) in [5.74, 6) is -0.594. The molecule has 0 atom stereocenters. The lowest BCUT2D eigenvalue weighted by Crippen LogP contribution is -2.05. The summed E-state index contributed by atoms with van der Waals surface area (Å²) >= 11 is 1.03. The van der Waals surface area contributed by atoms with Gasteiger partial charge < -0.3 is 4.74 Å². The first-order valence-electron chi connectivity index (χ1n) is 5.99. The number of alkyl halides is 3. The van der Waals surface area contributed by atoms with Crippen LogP contribution in [0.25, 0.3) is 16.0 Å². The Morgan fingerprint density at radius 3 is 2.82 bits per heavy atom. The second-order valence-corrected chi connectivity index (χ2v) is 5.35. The zero-order chi connectivity index (χ0) is 15.9. The Balaban J connectivity index is 2.11. The number of pyridine rings is 1. The molecule has 0 fully saturated rings. The number of aromatic nitrogens is 3. The van der Waals surface area contributed by atoms with Crippen molar-refractivity contribution in [1.29, 1.82) is 0 Å². The number of carbonyl (C=O) groups excluding carboxylic acids is 1. The highest BCUT2D eigenvalue weighted by Gasteiger charge is 2.31. The first-order chi connectivity index (χ1) is 10.4. The monoisotopic (exact) mass is 327 g/mol. The van der Waals surface area contributed by atoms with E-state index < -0.39 is 17.7 Å². The Bertz CT molecular complexity index is 854. The van der Waals surface area contributed by atoms with Crippen molar-refractivity contribution in [2.45, 2.75) is 6.18 Å². The van der Waals surface area contributed by atoms with E-state index in [0.717, 1.165) is 23.5 Å². The second kappa shape index (κ2) is 5.09. The van der Waals surface area contributed by atoms with Crippen molar-refractivity contribution >= 4 is 22.8 Å². The lowest BCUT2D eigenvalue weighted by molar-refractivity contribution is -0.137. The van der Waals surface area contributed by atoms with Gasteiger partial charge in [-0.3, -0.25) is 0 Å². The predicted molar refractivity (Wildman–Crippen MR) is 72.6 cm³/mol. The van der Waals surface area contributed by atoms with Crippen LogP contribution in [0.4, 0.5) is 13.2 Å². The fourth-order valence-corrected chi connectivity index (χ4v) is 2.78. The molecule has 0 aliphatic rings. The van der Waals surface area contributed by atoms with Crippen molar-refractivity contribution in [3.8, 4) is 10.4 Å². The molecule has 0 amide bonds. The maximum atomic E-state index is 12.8. The third-order valence-corrected chi connectivity index (χ3v) is 3.99. The van der Waals surface area contributed by atoms with Gasteiger partial charge in [0.05, 0.1) is 29.3 Å². The van der Waals surface area contributed by atoms with E-state index in [9.17, 15) is 18.0 Å². The average Bonchev–Trinajstić information content (AvgIpc) is 3.11. The van der Waals surface area contributed by atoms with Crippen molar-refractivity contribution in [2.75, 3.05) is 7.11 Å². The Morgan fingerprint density at radius 1 is 1.36 bits per heavy atom. The SMILES string of the molecule is COC(=O)c1ncc(-c2cnn3ccc(C(F)(F)F)cc23)s1. The summed E-state index contributed by atoms with van der Waals surface area (Å²) in [6.07, 6.45) is -0.351. The fourth-order valence-electron chi connectivity index (χ4n) is 1.93. The van der Waals surface area contributed by atoms with Crippen molar-refractivity contribution in [1.82, 2.24) is 14.6 Å². The molecule has 0 N–H and O–H groups in total. The van der Waals surface area contributed by atoms with Crippen molar-refractivity contribution in [3.63, 3.8) is 0 Å². The molecule has 9 heteroatoms. The first kappa shape index (κ1) is 14.5. The van der Waals surface area contributed by atoms with Gasteiger partial charge in [-0.05, 0) is 12.1 Å². The van der Waals surface area contributed by atoms with E-state index in [4.69, 9.17) is 0 Å². The molecule has 0 radical (unpaired) electrons. The second-order valence-electron chi connectivity index (χ2n) is 4.32. The summed E-state index contributed by atoms with van der Waals surface area (Å²) in [6.45, 7) is 0. The smallest absolute Gasteiger partial charge is 0.416 e. The Labute approximate surface area is 126 Å². The fraction of sp³-hybridized carbons (Fsp3) is 0.154. The topological polar surface area (TPSA) is 56.5 Å². The number of esters is 1. The van der Waals surface area contributed by atoms with Crippen LogP contribution in [-0.4, -0.2) is 27.7 Å². The molecule has 0 unspecified atom stereocenters. The van der Waals surface area contributed by atoms with Crippen molar-refractivity contribution in [2.24, 2.45) is 0 Å². The number of hydrogen-bond donors (Lipinski definition) is 0. The summed E-state index contributed by atoms with van der Waals surface area (Å²) < 4.78 is 44.3. The number of nitrogens with zero attached hydrogens (tertiary/aromatic N) is 3.